The summed E-state index contributed by atoms with van der Waals surface area (Å²) in [4.78, 5) is 27.1. The van der Waals surface area contributed by atoms with Crippen LogP contribution in [0.4, 0.5) is 0 Å². The summed E-state index contributed by atoms with van der Waals surface area (Å²) in [5, 5.41) is 0. The third kappa shape index (κ3) is 4.75. The first-order valence-electron chi connectivity index (χ1n) is 6.98. The van der Waals surface area contributed by atoms with Gasteiger partial charge >= 0.3 is 5.97 Å². The van der Waals surface area contributed by atoms with Crippen molar-refractivity contribution < 1.29 is 18.7 Å². The van der Waals surface area contributed by atoms with Crippen LogP contribution in [0.3, 0.4) is 0 Å². The Labute approximate surface area is 124 Å². The van der Waals surface area contributed by atoms with E-state index in [1.54, 1.807) is 29.4 Å². The van der Waals surface area contributed by atoms with Crippen LogP contribution in [0, 0.1) is 0 Å². The molecule has 0 aliphatic carbocycles. The highest BCUT2D eigenvalue weighted by Crippen LogP contribution is 2.06. The van der Waals surface area contributed by atoms with Gasteiger partial charge in [0.15, 0.2) is 0 Å². The van der Waals surface area contributed by atoms with Crippen molar-refractivity contribution in [1.82, 2.24) is 9.80 Å². The van der Waals surface area contributed by atoms with Crippen LogP contribution in [0.1, 0.15) is 12.2 Å². The van der Waals surface area contributed by atoms with Crippen molar-refractivity contribution in [2.24, 2.45) is 0 Å². The maximum absolute atomic E-state index is 12.0. The second kappa shape index (κ2) is 7.64. The number of piperazine rings is 1. The lowest BCUT2D eigenvalue weighted by Gasteiger charge is -2.33. The Morgan fingerprint density at radius 1 is 1.33 bits per heavy atom. The lowest BCUT2D eigenvalue weighted by atomic mass is 10.2. The first-order valence-corrected chi connectivity index (χ1v) is 6.98. The van der Waals surface area contributed by atoms with Gasteiger partial charge < -0.3 is 14.1 Å². The average molecular weight is 292 g/mol. The van der Waals surface area contributed by atoms with Gasteiger partial charge in [-0.1, -0.05) is 0 Å². The zero-order valence-electron chi connectivity index (χ0n) is 12.2. The van der Waals surface area contributed by atoms with Crippen molar-refractivity contribution in [1.29, 1.82) is 0 Å². The highest BCUT2D eigenvalue weighted by atomic mass is 16.5. The van der Waals surface area contributed by atoms with Gasteiger partial charge in [0.2, 0.25) is 5.91 Å². The summed E-state index contributed by atoms with van der Waals surface area (Å²) in [6, 6.07) is 3.58. The second-order valence-electron chi connectivity index (χ2n) is 4.84. The molecule has 0 unspecified atom stereocenters. The number of carbonyl (C=O) groups is 2. The van der Waals surface area contributed by atoms with E-state index in [4.69, 9.17) is 4.42 Å². The van der Waals surface area contributed by atoms with E-state index in [1.807, 2.05) is 0 Å². The van der Waals surface area contributed by atoms with Gasteiger partial charge in [-0.2, -0.15) is 0 Å². The van der Waals surface area contributed by atoms with Crippen LogP contribution in [0.15, 0.2) is 28.9 Å². The summed E-state index contributed by atoms with van der Waals surface area (Å²) in [7, 11) is 1.39. The molecule has 1 saturated heterocycles. The molecule has 0 radical (unpaired) electrons. The quantitative estimate of drug-likeness (QED) is 0.598. The van der Waals surface area contributed by atoms with Crippen LogP contribution in [0.2, 0.25) is 0 Å². The number of hydrogen-bond donors (Lipinski definition) is 0. The monoisotopic (exact) mass is 292 g/mol. The third-order valence-electron chi connectivity index (χ3n) is 3.48. The highest BCUT2D eigenvalue weighted by molar-refractivity contribution is 5.91. The Balaban J connectivity index is 1.73. The van der Waals surface area contributed by atoms with Gasteiger partial charge in [0, 0.05) is 38.8 Å². The Morgan fingerprint density at radius 2 is 2.10 bits per heavy atom. The minimum Gasteiger partial charge on any atom is -0.469 e. The van der Waals surface area contributed by atoms with E-state index in [0.29, 0.717) is 31.8 Å². The molecule has 1 fully saturated rings. The van der Waals surface area contributed by atoms with Crippen LogP contribution in [0.5, 0.6) is 0 Å². The topological polar surface area (TPSA) is 63.0 Å². The van der Waals surface area contributed by atoms with E-state index in [9.17, 15) is 9.59 Å². The van der Waals surface area contributed by atoms with Gasteiger partial charge in [-0.05, 0) is 18.2 Å². The first kappa shape index (κ1) is 15.3. The Morgan fingerprint density at radius 3 is 2.71 bits per heavy atom. The molecule has 6 heteroatoms. The number of carbonyl (C=O) groups excluding carboxylic acids is 2. The van der Waals surface area contributed by atoms with E-state index in [-0.39, 0.29) is 11.9 Å². The molecular formula is C15H20N2O4. The van der Waals surface area contributed by atoms with Gasteiger partial charge in [0.1, 0.15) is 5.76 Å². The highest BCUT2D eigenvalue weighted by Gasteiger charge is 2.19. The zero-order chi connectivity index (χ0) is 15.1. The van der Waals surface area contributed by atoms with Crippen LogP contribution in [0.25, 0.3) is 6.08 Å². The van der Waals surface area contributed by atoms with Crippen LogP contribution in [-0.2, 0) is 14.3 Å². The van der Waals surface area contributed by atoms with Crippen molar-refractivity contribution in [3.8, 4) is 0 Å². The minimum absolute atomic E-state index is 0.0148. The average Bonchev–Trinajstić information content (AvgIpc) is 3.04. The standard InChI is InChI=1S/C15H20N2O4/c1-20-15(19)6-7-16-8-10-17(11-9-16)14(18)5-4-13-3-2-12-21-13/h2-5,12H,6-11H2,1H3/b5-4+. The van der Waals surface area contributed by atoms with Gasteiger partial charge in [0.25, 0.3) is 0 Å². The molecule has 0 spiro atoms. The summed E-state index contributed by atoms with van der Waals surface area (Å²) < 4.78 is 9.76. The number of esters is 1. The van der Waals surface area contributed by atoms with Gasteiger partial charge in [0.05, 0.1) is 19.8 Å². The molecule has 0 N–H and O–H groups in total. The molecule has 0 bridgehead atoms. The fourth-order valence-corrected chi connectivity index (χ4v) is 2.19. The molecule has 0 atom stereocenters. The number of amides is 1. The predicted octanol–water partition coefficient (Wildman–Crippen LogP) is 1.00. The van der Waals surface area contributed by atoms with E-state index in [2.05, 4.69) is 9.64 Å². The molecule has 0 saturated carbocycles. The van der Waals surface area contributed by atoms with Gasteiger partial charge in [-0.25, -0.2) is 0 Å². The van der Waals surface area contributed by atoms with Gasteiger partial charge in [-0.3, -0.25) is 14.5 Å². The van der Waals surface area contributed by atoms with E-state index >= 15 is 0 Å². The number of rotatable bonds is 5. The molecule has 114 valence electrons. The lowest BCUT2D eigenvalue weighted by molar-refractivity contribution is -0.141. The van der Waals surface area contributed by atoms with Crippen LogP contribution >= 0.6 is 0 Å². The summed E-state index contributed by atoms with van der Waals surface area (Å²) in [6.45, 7) is 3.57. The third-order valence-corrected chi connectivity index (χ3v) is 3.48. The van der Waals surface area contributed by atoms with Crippen molar-refractivity contribution >= 4 is 18.0 Å². The van der Waals surface area contributed by atoms with E-state index < -0.39 is 0 Å². The SMILES string of the molecule is COC(=O)CCN1CCN(C(=O)/C=C/c2ccco2)CC1. The fraction of sp³-hybridized carbons (Fsp3) is 0.467. The largest absolute Gasteiger partial charge is 0.469 e. The smallest absolute Gasteiger partial charge is 0.306 e. The lowest BCUT2D eigenvalue weighted by Crippen LogP contribution is -2.48. The molecule has 1 aliphatic heterocycles. The van der Waals surface area contributed by atoms with Crippen molar-refractivity contribution in [2.45, 2.75) is 6.42 Å². The van der Waals surface area contributed by atoms with Crippen molar-refractivity contribution in [3.63, 3.8) is 0 Å². The van der Waals surface area contributed by atoms with Crippen LogP contribution in [-0.4, -0.2) is 61.5 Å². The molecule has 0 aromatic carbocycles. The molecule has 2 rings (SSSR count). The molecule has 2 heterocycles. The number of nitrogens with zero attached hydrogens (tertiary/aromatic N) is 2. The van der Waals surface area contributed by atoms with Crippen LogP contribution < -0.4 is 0 Å². The molecule has 1 amide bonds. The van der Waals surface area contributed by atoms with Crippen molar-refractivity contribution in [2.75, 3.05) is 39.8 Å². The zero-order valence-corrected chi connectivity index (χ0v) is 12.2. The number of ether oxygens (including phenoxy) is 1. The van der Waals surface area contributed by atoms with E-state index in [1.165, 1.54) is 13.2 Å². The second-order valence-corrected chi connectivity index (χ2v) is 4.84. The number of methoxy groups -OCH3 is 1. The number of hydrogen-bond acceptors (Lipinski definition) is 5. The Kier molecular flexibility index (Phi) is 5.57. The molecule has 21 heavy (non-hydrogen) atoms. The molecular weight excluding hydrogens is 272 g/mol. The maximum atomic E-state index is 12.0. The molecule has 6 nitrogen and oxygen atoms in total. The summed E-state index contributed by atoms with van der Waals surface area (Å²) in [6.07, 6.45) is 5.17. The molecule has 1 aliphatic rings. The Hall–Kier alpha value is -2.08. The summed E-state index contributed by atoms with van der Waals surface area (Å²) in [5.74, 6) is 0.453. The van der Waals surface area contributed by atoms with Gasteiger partial charge in [-0.15, -0.1) is 0 Å². The predicted molar refractivity (Wildman–Crippen MR) is 77.4 cm³/mol. The molecule has 1 aromatic heterocycles. The molecule has 1 aromatic rings. The number of furan rings is 1. The first-order chi connectivity index (χ1) is 10.2. The summed E-state index contributed by atoms with van der Waals surface area (Å²) in [5.41, 5.74) is 0. The summed E-state index contributed by atoms with van der Waals surface area (Å²) >= 11 is 0. The fourth-order valence-electron chi connectivity index (χ4n) is 2.19. The maximum Gasteiger partial charge on any atom is 0.306 e. The van der Waals surface area contributed by atoms with E-state index in [0.717, 1.165) is 13.1 Å². The Bertz CT molecular complexity index is 488. The van der Waals surface area contributed by atoms with Crippen molar-refractivity contribution in [3.05, 3.63) is 30.2 Å². The minimum atomic E-state index is -0.199. The normalized spacial score (nSPS) is 16.3.